The van der Waals surface area contributed by atoms with Crippen molar-refractivity contribution >= 4 is 0 Å². The second-order valence-corrected chi connectivity index (χ2v) is 4.75. The molecule has 0 spiro atoms. The number of hydrogen-bond acceptors (Lipinski definition) is 1. The van der Waals surface area contributed by atoms with Crippen molar-refractivity contribution in [2.45, 2.75) is 33.6 Å². The quantitative estimate of drug-likeness (QED) is 0.343. The third-order valence-electron chi connectivity index (χ3n) is 2.76. The topological polar surface area (TPSA) is 3.24 Å². The fraction of sp³-hybridized carbons (Fsp3) is 0.900. The Bertz CT molecular complexity index is 120. The first-order chi connectivity index (χ1) is 5.00. The van der Waals surface area contributed by atoms with Gasteiger partial charge in [0.05, 0.1) is 0 Å². The van der Waals surface area contributed by atoms with Gasteiger partial charge in [-0.05, 0) is 25.4 Å². The zero-order chi connectivity index (χ0) is 8.48. The molecule has 2 heteroatoms. The normalized spacial score (nSPS) is 26.5. The summed E-state index contributed by atoms with van der Waals surface area (Å²) in [5.74, 6) is 0.888. The van der Waals surface area contributed by atoms with Crippen LogP contribution < -0.4 is 18.9 Å². The molecule has 1 aliphatic rings. The fourth-order valence-corrected chi connectivity index (χ4v) is 1.66. The molecule has 0 amide bonds. The van der Waals surface area contributed by atoms with E-state index in [1.807, 2.05) is 0 Å². The van der Waals surface area contributed by atoms with Crippen LogP contribution in [0.1, 0.15) is 33.6 Å². The molecular formula is C10H20LiN. The summed E-state index contributed by atoms with van der Waals surface area (Å²) in [6, 6.07) is 0. The van der Waals surface area contributed by atoms with E-state index in [4.69, 9.17) is 0 Å². The largest absolute Gasteiger partial charge is 1.00 e. The maximum Gasteiger partial charge on any atom is 1.00 e. The van der Waals surface area contributed by atoms with Crippen molar-refractivity contribution in [3.05, 3.63) is 6.54 Å². The van der Waals surface area contributed by atoms with Gasteiger partial charge >= 0.3 is 18.9 Å². The molecule has 1 aliphatic heterocycles. The van der Waals surface area contributed by atoms with E-state index in [0.717, 1.165) is 5.92 Å². The van der Waals surface area contributed by atoms with Crippen LogP contribution in [-0.4, -0.2) is 18.5 Å². The van der Waals surface area contributed by atoms with Crippen molar-refractivity contribution in [1.82, 2.24) is 4.90 Å². The molecule has 0 aromatic heterocycles. The Morgan fingerprint density at radius 2 is 1.92 bits per heavy atom. The van der Waals surface area contributed by atoms with E-state index in [0.29, 0.717) is 5.41 Å². The molecule has 1 fully saturated rings. The number of rotatable bonds is 0. The van der Waals surface area contributed by atoms with E-state index < -0.39 is 0 Å². The van der Waals surface area contributed by atoms with Gasteiger partial charge in [0.2, 0.25) is 0 Å². The van der Waals surface area contributed by atoms with Gasteiger partial charge in [0.25, 0.3) is 0 Å². The molecule has 0 saturated carbocycles. The van der Waals surface area contributed by atoms with Crippen molar-refractivity contribution in [1.29, 1.82) is 0 Å². The van der Waals surface area contributed by atoms with Gasteiger partial charge in [-0.25, -0.2) is 0 Å². The van der Waals surface area contributed by atoms with Crippen LogP contribution in [0, 0.1) is 17.9 Å². The van der Waals surface area contributed by atoms with Crippen LogP contribution in [0.25, 0.3) is 0 Å². The Hall–Kier alpha value is 0.557. The number of likely N-dealkylation sites (tertiary alicyclic amines) is 1. The molecule has 1 rings (SSSR count). The molecule has 12 heavy (non-hydrogen) atoms. The van der Waals surface area contributed by atoms with E-state index in [1.54, 1.807) is 0 Å². The van der Waals surface area contributed by atoms with Gasteiger partial charge in [0, 0.05) is 0 Å². The molecule has 66 valence electrons. The van der Waals surface area contributed by atoms with Gasteiger partial charge in [0.1, 0.15) is 0 Å². The molecule has 0 bridgehead atoms. The second-order valence-electron chi connectivity index (χ2n) is 4.75. The van der Waals surface area contributed by atoms with Crippen molar-refractivity contribution in [2.24, 2.45) is 11.3 Å². The van der Waals surface area contributed by atoms with E-state index in [9.17, 15) is 0 Å². The minimum atomic E-state index is 0. The van der Waals surface area contributed by atoms with E-state index >= 15 is 0 Å². The summed E-state index contributed by atoms with van der Waals surface area (Å²) in [4.78, 5) is 2.31. The van der Waals surface area contributed by atoms with Crippen LogP contribution in [0.2, 0.25) is 0 Å². The first kappa shape index (κ1) is 12.6. The summed E-state index contributed by atoms with van der Waals surface area (Å²) in [5, 5.41) is 0. The third-order valence-corrected chi connectivity index (χ3v) is 2.76. The Morgan fingerprint density at radius 1 is 1.33 bits per heavy atom. The zero-order valence-corrected chi connectivity index (χ0v) is 9.22. The van der Waals surface area contributed by atoms with Gasteiger partial charge in [-0.2, -0.15) is 6.42 Å². The molecule has 0 N–H and O–H groups in total. The van der Waals surface area contributed by atoms with E-state index in [-0.39, 0.29) is 18.9 Å². The Kier molecular flexibility index (Phi) is 4.92. The predicted octanol–water partition coefficient (Wildman–Crippen LogP) is -0.460. The Morgan fingerprint density at radius 3 is 2.25 bits per heavy atom. The maximum absolute atomic E-state index is 2.34. The molecule has 1 heterocycles. The van der Waals surface area contributed by atoms with Crippen LogP contribution in [0.5, 0.6) is 0 Å². The van der Waals surface area contributed by atoms with Crippen LogP contribution in [-0.2, 0) is 0 Å². The number of piperidine rings is 1. The van der Waals surface area contributed by atoms with Gasteiger partial charge in [-0.15, -0.1) is 0 Å². The van der Waals surface area contributed by atoms with Gasteiger partial charge in [0.15, 0.2) is 0 Å². The summed E-state index contributed by atoms with van der Waals surface area (Å²) in [6.45, 7) is 10.6. The first-order valence-electron chi connectivity index (χ1n) is 4.54. The summed E-state index contributed by atoms with van der Waals surface area (Å²) in [6.07, 6.45) is 2.62. The molecule has 1 atom stereocenters. The smallest absolute Gasteiger partial charge is 0.459 e. The number of hydrogen-bond donors (Lipinski definition) is 0. The maximum atomic E-state index is 2.34. The average Bonchev–Trinajstić information content (AvgIpc) is 1.86. The van der Waals surface area contributed by atoms with Crippen LogP contribution in [0.15, 0.2) is 0 Å². The molecule has 0 aromatic carbocycles. The number of nitrogens with zero attached hydrogens (tertiary/aromatic N) is 1. The predicted molar refractivity (Wildman–Crippen MR) is 49.1 cm³/mol. The molecule has 0 aromatic rings. The van der Waals surface area contributed by atoms with Gasteiger partial charge in [-0.1, -0.05) is 26.7 Å². The van der Waals surface area contributed by atoms with Crippen molar-refractivity contribution in [3.8, 4) is 0 Å². The van der Waals surface area contributed by atoms with Gasteiger partial charge in [-0.3, -0.25) is 6.54 Å². The average molecular weight is 161 g/mol. The van der Waals surface area contributed by atoms with E-state index in [1.165, 1.54) is 19.4 Å². The molecule has 0 aliphatic carbocycles. The van der Waals surface area contributed by atoms with Crippen molar-refractivity contribution in [3.63, 3.8) is 0 Å². The van der Waals surface area contributed by atoms with Gasteiger partial charge < -0.3 is 4.90 Å². The summed E-state index contributed by atoms with van der Waals surface area (Å²) in [7, 11) is 2.17. The van der Waals surface area contributed by atoms with Crippen LogP contribution in [0.3, 0.4) is 0 Å². The first-order valence-corrected chi connectivity index (χ1v) is 4.54. The molecular weight excluding hydrogens is 141 g/mol. The van der Waals surface area contributed by atoms with Crippen LogP contribution >= 0.6 is 0 Å². The summed E-state index contributed by atoms with van der Waals surface area (Å²) >= 11 is 0. The fourth-order valence-electron chi connectivity index (χ4n) is 1.66. The molecule has 1 saturated heterocycles. The van der Waals surface area contributed by atoms with Crippen molar-refractivity contribution < 1.29 is 18.9 Å². The second kappa shape index (κ2) is 4.70. The Labute approximate surface area is 89.1 Å². The minimum absolute atomic E-state index is 0. The SMILES string of the molecule is CN1[CH-]C[C@H](C(C)(C)C)CC1.[Li+]. The molecule has 0 radical (unpaired) electrons. The standard InChI is InChI=1S/C10H20N.Li/c1-10(2,3)9-5-7-11(4)8-6-9;/h7,9H,5-6,8H2,1-4H3;/q-1;+1/t9-;/m0./s1. The van der Waals surface area contributed by atoms with Crippen molar-refractivity contribution in [2.75, 3.05) is 13.6 Å². The summed E-state index contributed by atoms with van der Waals surface area (Å²) in [5.41, 5.74) is 0.498. The zero-order valence-electron chi connectivity index (χ0n) is 9.22. The summed E-state index contributed by atoms with van der Waals surface area (Å²) < 4.78 is 0. The Balaban J connectivity index is 0.00000121. The minimum Gasteiger partial charge on any atom is -0.459 e. The van der Waals surface area contributed by atoms with Crippen LogP contribution in [0.4, 0.5) is 0 Å². The van der Waals surface area contributed by atoms with E-state index in [2.05, 4.69) is 39.3 Å². The third kappa shape index (κ3) is 3.52. The molecule has 0 unspecified atom stereocenters. The monoisotopic (exact) mass is 161 g/mol. The molecule has 1 nitrogen and oxygen atoms in total.